The standard InChI is InChI=1S/C11H4F3IN2O2/c12-11(13,14)19-8-2-7(1-6(4-16)5-17)10(18)9(15)3-8/h1-3,18H. The van der Waals surface area contributed by atoms with Crippen LogP contribution in [0.25, 0.3) is 6.08 Å². The number of ether oxygens (including phenoxy) is 1. The molecular formula is C11H4F3IN2O2. The third kappa shape index (κ3) is 4.34. The van der Waals surface area contributed by atoms with E-state index in [2.05, 4.69) is 4.74 Å². The normalized spacial score (nSPS) is 10.2. The molecule has 19 heavy (non-hydrogen) atoms. The molecule has 0 aliphatic carbocycles. The van der Waals surface area contributed by atoms with Crippen LogP contribution >= 0.6 is 22.6 Å². The molecule has 0 heterocycles. The van der Waals surface area contributed by atoms with E-state index in [0.29, 0.717) is 0 Å². The highest BCUT2D eigenvalue weighted by atomic mass is 127. The fraction of sp³-hybridized carbons (Fsp3) is 0.0909. The maximum absolute atomic E-state index is 12.1. The molecule has 8 heteroatoms. The summed E-state index contributed by atoms with van der Waals surface area (Å²) < 4.78 is 40.1. The Morgan fingerprint density at radius 1 is 1.32 bits per heavy atom. The summed E-state index contributed by atoms with van der Waals surface area (Å²) in [6.45, 7) is 0. The van der Waals surface area contributed by atoms with Gasteiger partial charge < -0.3 is 9.84 Å². The maximum Gasteiger partial charge on any atom is 0.573 e. The van der Waals surface area contributed by atoms with Crippen LogP contribution in [0.1, 0.15) is 5.56 Å². The summed E-state index contributed by atoms with van der Waals surface area (Å²) in [5, 5.41) is 26.8. The largest absolute Gasteiger partial charge is 0.573 e. The number of alkyl halides is 3. The van der Waals surface area contributed by atoms with Gasteiger partial charge in [-0.15, -0.1) is 13.2 Å². The summed E-state index contributed by atoms with van der Waals surface area (Å²) in [5.74, 6) is -0.880. The molecule has 0 aromatic heterocycles. The molecule has 0 atom stereocenters. The van der Waals surface area contributed by atoms with Crippen LogP contribution in [0.2, 0.25) is 0 Å². The number of aromatic hydroxyl groups is 1. The van der Waals surface area contributed by atoms with Gasteiger partial charge in [0.15, 0.2) is 0 Å². The summed E-state index contributed by atoms with van der Waals surface area (Å²) in [6.07, 6.45) is -3.89. The highest BCUT2D eigenvalue weighted by Crippen LogP contribution is 2.33. The van der Waals surface area contributed by atoms with Crippen LogP contribution < -0.4 is 4.74 Å². The SMILES string of the molecule is N#CC(C#N)=Cc1cc(OC(F)(F)F)cc(I)c1O. The lowest BCUT2D eigenvalue weighted by Crippen LogP contribution is -2.17. The van der Waals surface area contributed by atoms with Crippen LogP contribution in [0, 0.1) is 26.2 Å². The number of phenols is 1. The predicted octanol–water partition coefficient (Wildman–Crippen LogP) is 3.33. The van der Waals surface area contributed by atoms with Gasteiger partial charge in [0, 0.05) is 5.56 Å². The number of benzene rings is 1. The number of nitriles is 2. The van der Waals surface area contributed by atoms with Gasteiger partial charge in [-0.25, -0.2) is 0 Å². The van der Waals surface area contributed by atoms with E-state index in [9.17, 15) is 18.3 Å². The minimum absolute atomic E-state index is 0.0980. The van der Waals surface area contributed by atoms with E-state index in [0.717, 1.165) is 18.2 Å². The molecule has 1 aromatic carbocycles. The first-order valence-electron chi connectivity index (χ1n) is 4.57. The molecule has 0 amide bonds. The average molecular weight is 380 g/mol. The molecule has 98 valence electrons. The van der Waals surface area contributed by atoms with Gasteiger partial charge in [-0.3, -0.25) is 0 Å². The first-order chi connectivity index (χ1) is 8.76. The highest BCUT2D eigenvalue weighted by Gasteiger charge is 2.31. The van der Waals surface area contributed by atoms with E-state index in [4.69, 9.17) is 10.5 Å². The number of phenolic OH excluding ortho intramolecular Hbond substituents is 1. The Morgan fingerprint density at radius 3 is 2.37 bits per heavy atom. The second-order valence-corrected chi connectivity index (χ2v) is 4.33. The Morgan fingerprint density at radius 2 is 1.89 bits per heavy atom. The quantitative estimate of drug-likeness (QED) is 0.631. The fourth-order valence-corrected chi connectivity index (χ4v) is 1.76. The van der Waals surface area contributed by atoms with Crippen molar-refractivity contribution in [3.8, 4) is 23.6 Å². The van der Waals surface area contributed by atoms with Gasteiger partial charge >= 0.3 is 6.36 Å². The van der Waals surface area contributed by atoms with Gasteiger partial charge in [-0.2, -0.15) is 10.5 Å². The highest BCUT2D eigenvalue weighted by molar-refractivity contribution is 14.1. The minimum Gasteiger partial charge on any atom is -0.506 e. The third-order valence-electron chi connectivity index (χ3n) is 1.84. The summed E-state index contributed by atoms with van der Waals surface area (Å²) in [7, 11) is 0. The van der Waals surface area contributed by atoms with Crippen molar-refractivity contribution >= 4 is 28.7 Å². The van der Waals surface area contributed by atoms with Crippen LogP contribution in [0.3, 0.4) is 0 Å². The van der Waals surface area contributed by atoms with Crippen molar-refractivity contribution in [2.24, 2.45) is 0 Å². The zero-order chi connectivity index (χ0) is 14.6. The van der Waals surface area contributed by atoms with E-state index in [1.54, 1.807) is 22.6 Å². The Balaban J connectivity index is 3.31. The lowest BCUT2D eigenvalue weighted by atomic mass is 10.1. The molecule has 1 rings (SSSR count). The molecule has 0 radical (unpaired) electrons. The van der Waals surface area contributed by atoms with Crippen LogP contribution in [0.4, 0.5) is 13.2 Å². The fourth-order valence-electron chi connectivity index (χ4n) is 1.14. The van der Waals surface area contributed by atoms with Gasteiger partial charge in [0.25, 0.3) is 0 Å². The summed E-state index contributed by atoms with van der Waals surface area (Å²) >= 11 is 1.61. The Bertz CT molecular complexity index is 596. The Hall–Kier alpha value is -1.94. The second-order valence-electron chi connectivity index (χ2n) is 3.17. The molecule has 0 bridgehead atoms. The smallest absolute Gasteiger partial charge is 0.506 e. The van der Waals surface area contributed by atoms with Crippen molar-refractivity contribution in [3.05, 3.63) is 26.8 Å². The Kier molecular flexibility index (Phi) is 4.62. The Labute approximate surface area is 119 Å². The molecule has 4 nitrogen and oxygen atoms in total. The number of allylic oxidation sites excluding steroid dienone is 1. The molecule has 1 aromatic rings. The molecule has 0 saturated carbocycles. The molecule has 1 N–H and O–H groups in total. The van der Waals surface area contributed by atoms with Crippen LogP contribution in [0.5, 0.6) is 11.5 Å². The first kappa shape index (κ1) is 15.1. The van der Waals surface area contributed by atoms with Crippen LogP contribution in [-0.2, 0) is 0 Å². The monoisotopic (exact) mass is 380 g/mol. The van der Waals surface area contributed by atoms with E-state index in [-0.39, 0.29) is 20.5 Å². The first-order valence-corrected chi connectivity index (χ1v) is 5.65. The van der Waals surface area contributed by atoms with Gasteiger partial charge in [-0.1, -0.05) is 0 Å². The van der Waals surface area contributed by atoms with Gasteiger partial charge in [-0.05, 0) is 40.8 Å². The molecule has 0 unspecified atom stereocenters. The zero-order valence-electron chi connectivity index (χ0n) is 8.99. The number of halogens is 4. The lowest BCUT2D eigenvalue weighted by molar-refractivity contribution is -0.274. The molecular weight excluding hydrogens is 376 g/mol. The van der Waals surface area contributed by atoms with Crippen LogP contribution in [-0.4, -0.2) is 11.5 Å². The maximum atomic E-state index is 12.1. The van der Waals surface area contributed by atoms with E-state index in [1.807, 2.05) is 0 Å². The predicted molar refractivity (Wildman–Crippen MR) is 66.7 cm³/mol. The van der Waals surface area contributed by atoms with Crippen molar-refractivity contribution < 1.29 is 23.0 Å². The van der Waals surface area contributed by atoms with Gasteiger partial charge in [0.05, 0.1) is 3.57 Å². The minimum atomic E-state index is -4.87. The van der Waals surface area contributed by atoms with E-state index in [1.165, 1.54) is 12.1 Å². The summed E-state index contributed by atoms with van der Waals surface area (Å²) in [5.41, 5.74) is -0.459. The second kappa shape index (κ2) is 5.80. The zero-order valence-corrected chi connectivity index (χ0v) is 11.2. The van der Waals surface area contributed by atoms with Crippen molar-refractivity contribution in [1.29, 1.82) is 10.5 Å². The van der Waals surface area contributed by atoms with Crippen LogP contribution in [0.15, 0.2) is 17.7 Å². The average Bonchev–Trinajstić information content (AvgIpc) is 2.29. The van der Waals surface area contributed by atoms with Crippen molar-refractivity contribution in [1.82, 2.24) is 0 Å². The number of hydrogen-bond donors (Lipinski definition) is 1. The summed E-state index contributed by atoms with van der Waals surface area (Å²) in [6, 6.07) is 4.95. The lowest BCUT2D eigenvalue weighted by Gasteiger charge is -2.11. The van der Waals surface area contributed by atoms with Gasteiger partial charge in [0.2, 0.25) is 0 Å². The summed E-state index contributed by atoms with van der Waals surface area (Å²) in [4.78, 5) is 0. The molecule has 0 aliphatic heterocycles. The third-order valence-corrected chi connectivity index (χ3v) is 2.66. The van der Waals surface area contributed by atoms with Crippen molar-refractivity contribution in [2.45, 2.75) is 6.36 Å². The van der Waals surface area contributed by atoms with Gasteiger partial charge in [0.1, 0.15) is 29.2 Å². The van der Waals surface area contributed by atoms with Crippen molar-refractivity contribution in [2.75, 3.05) is 0 Å². The number of nitrogens with zero attached hydrogens (tertiary/aromatic N) is 2. The molecule has 0 aliphatic rings. The molecule has 0 saturated heterocycles. The van der Waals surface area contributed by atoms with E-state index < -0.39 is 12.1 Å². The topological polar surface area (TPSA) is 77.0 Å². The molecule has 0 spiro atoms. The number of hydrogen-bond acceptors (Lipinski definition) is 4. The van der Waals surface area contributed by atoms with Crippen molar-refractivity contribution in [3.63, 3.8) is 0 Å². The number of rotatable bonds is 2. The molecule has 0 fully saturated rings. The van der Waals surface area contributed by atoms with E-state index >= 15 is 0 Å².